The minimum atomic E-state index is -0.0320. The summed E-state index contributed by atoms with van der Waals surface area (Å²) in [6, 6.07) is 7.85. The third-order valence-corrected chi connectivity index (χ3v) is 5.48. The highest BCUT2D eigenvalue weighted by atomic mass is 16.5. The smallest absolute Gasteiger partial charge is 0.225 e. The molecule has 1 aromatic heterocycles. The van der Waals surface area contributed by atoms with Crippen LogP contribution in [0.2, 0.25) is 0 Å². The van der Waals surface area contributed by atoms with Crippen molar-refractivity contribution in [2.24, 2.45) is 5.92 Å². The van der Waals surface area contributed by atoms with E-state index in [1.54, 1.807) is 0 Å². The standard InChI is InChI=1S/C22H28N4O3/c1-2-29-19-5-3-4-16(12-19)14-23-21(27)17-6-7-20-18(13-17)15-24-22(25-20)26-8-10-28-11-9-26/h3-5,12,15,17H,2,6-11,13-14H2,1H3,(H,23,27). The van der Waals surface area contributed by atoms with Crippen LogP contribution in [0.25, 0.3) is 0 Å². The van der Waals surface area contributed by atoms with E-state index in [1.807, 2.05) is 37.4 Å². The van der Waals surface area contributed by atoms with Crippen molar-refractivity contribution in [2.45, 2.75) is 32.7 Å². The van der Waals surface area contributed by atoms with Gasteiger partial charge in [-0.05, 0) is 49.4 Å². The average Bonchev–Trinajstić information content (AvgIpc) is 2.78. The molecule has 2 aromatic rings. The van der Waals surface area contributed by atoms with Gasteiger partial charge in [-0.15, -0.1) is 0 Å². The summed E-state index contributed by atoms with van der Waals surface area (Å²) in [6.45, 7) is 6.19. The van der Waals surface area contributed by atoms with Gasteiger partial charge in [0.25, 0.3) is 0 Å². The largest absolute Gasteiger partial charge is 0.494 e. The number of aryl methyl sites for hydroxylation is 1. The quantitative estimate of drug-likeness (QED) is 0.806. The summed E-state index contributed by atoms with van der Waals surface area (Å²) in [4.78, 5) is 24.2. The molecule has 1 saturated heterocycles. The molecule has 1 N–H and O–H groups in total. The lowest BCUT2D eigenvalue weighted by atomic mass is 9.86. The summed E-state index contributed by atoms with van der Waals surface area (Å²) >= 11 is 0. The maximum atomic E-state index is 12.7. The lowest BCUT2D eigenvalue weighted by molar-refractivity contribution is -0.125. The molecule has 4 rings (SSSR count). The topological polar surface area (TPSA) is 76.6 Å². The molecule has 1 aliphatic carbocycles. The highest BCUT2D eigenvalue weighted by molar-refractivity contribution is 5.79. The van der Waals surface area contributed by atoms with Gasteiger partial charge in [-0.25, -0.2) is 9.97 Å². The van der Waals surface area contributed by atoms with Crippen molar-refractivity contribution in [2.75, 3.05) is 37.8 Å². The average molecular weight is 396 g/mol. The molecule has 0 radical (unpaired) electrons. The third-order valence-electron chi connectivity index (χ3n) is 5.48. The molecule has 1 unspecified atom stereocenters. The van der Waals surface area contributed by atoms with E-state index in [1.165, 1.54) is 0 Å². The zero-order chi connectivity index (χ0) is 20.1. The second-order valence-electron chi connectivity index (χ2n) is 7.48. The molecule has 7 nitrogen and oxygen atoms in total. The second-order valence-corrected chi connectivity index (χ2v) is 7.48. The maximum Gasteiger partial charge on any atom is 0.225 e. The number of rotatable bonds is 6. The van der Waals surface area contributed by atoms with Crippen LogP contribution in [0.3, 0.4) is 0 Å². The van der Waals surface area contributed by atoms with Gasteiger partial charge in [-0.1, -0.05) is 12.1 Å². The molecular weight excluding hydrogens is 368 g/mol. The third kappa shape index (κ3) is 4.85. The lowest BCUT2D eigenvalue weighted by Gasteiger charge is -2.28. The van der Waals surface area contributed by atoms with Crippen LogP contribution in [0.15, 0.2) is 30.5 Å². The minimum Gasteiger partial charge on any atom is -0.494 e. The van der Waals surface area contributed by atoms with Crippen LogP contribution >= 0.6 is 0 Å². The molecule has 0 bridgehead atoms. The van der Waals surface area contributed by atoms with Crippen LogP contribution in [0, 0.1) is 5.92 Å². The molecule has 0 saturated carbocycles. The first-order chi connectivity index (χ1) is 14.2. The fourth-order valence-corrected chi connectivity index (χ4v) is 3.88. The molecule has 1 atom stereocenters. The number of amides is 1. The van der Waals surface area contributed by atoms with Crippen LogP contribution in [-0.2, 0) is 28.9 Å². The van der Waals surface area contributed by atoms with Crippen molar-refractivity contribution < 1.29 is 14.3 Å². The Morgan fingerprint density at radius 2 is 2.21 bits per heavy atom. The highest BCUT2D eigenvalue weighted by Gasteiger charge is 2.26. The van der Waals surface area contributed by atoms with Crippen molar-refractivity contribution in [1.82, 2.24) is 15.3 Å². The van der Waals surface area contributed by atoms with Crippen LogP contribution in [-0.4, -0.2) is 48.8 Å². The lowest BCUT2D eigenvalue weighted by Crippen LogP contribution is -2.38. The Hall–Kier alpha value is -2.67. The number of fused-ring (bicyclic) bond motifs is 1. The number of ether oxygens (including phenoxy) is 2. The number of benzene rings is 1. The van der Waals surface area contributed by atoms with Gasteiger partial charge in [0.2, 0.25) is 11.9 Å². The van der Waals surface area contributed by atoms with E-state index in [0.717, 1.165) is 67.7 Å². The molecule has 7 heteroatoms. The minimum absolute atomic E-state index is 0.0320. The number of carbonyl (C=O) groups is 1. The van der Waals surface area contributed by atoms with E-state index in [0.29, 0.717) is 19.6 Å². The van der Waals surface area contributed by atoms with Crippen molar-refractivity contribution in [3.8, 4) is 5.75 Å². The fourth-order valence-electron chi connectivity index (χ4n) is 3.88. The molecule has 1 aliphatic heterocycles. The summed E-state index contributed by atoms with van der Waals surface area (Å²) in [5.41, 5.74) is 3.21. The van der Waals surface area contributed by atoms with Crippen LogP contribution < -0.4 is 15.0 Å². The van der Waals surface area contributed by atoms with Gasteiger partial charge < -0.3 is 19.7 Å². The molecule has 154 valence electrons. The second kappa shape index (κ2) is 9.22. The molecule has 29 heavy (non-hydrogen) atoms. The van der Waals surface area contributed by atoms with Crippen molar-refractivity contribution in [1.29, 1.82) is 0 Å². The number of hydrogen-bond donors (Lipinski definition) is 1. The predicted molar refractivity (Wildman–Crippen MR) is 110 cm³/mol. The van der Waals surface area contributed by atoms with E-state index in [9.17, 15) is 4.79 Å². The van der Waals surface area contributed by atoms with E-state index in [-0.39, 0.29) is 11.8 Å². The Labute approximate surface area is 171 Å². The van der Waals surface area contributed by atoms with Crippen molar-refractivity contribution in [3.05, 3.63) is 47.3 Å². The van der Waals surface area contributed by atoms with Gasteiger partial charge in [0.05, 0.1) is 19.8 Å². The molecular formula is C22H28N4O3. The number of anilines is 1. The number of nitrogens with zero attached hydrogens (tertiary/aromatic N) is 3. The van der Waals surface area contributed by atoms with Gasteiger partial charge >= 0.3 is 0 Å². The van der Waals surface area contributed by atoms with Gasteiger partial charge in [-0.3, -0.25) is 4.79 Å². The predicted octanol–water partition coefficient (Wildman–Crippen LogP) is 2.13. The Morgan fingerprint density at radius 3 is 3.03 bits per heavy atom. The van der Waals surface area contributed by atoms with Crippen molar-refractivity contribution >= 4 is 11.9 Å². The highest BCUT2D eigenvalue weighted by Crippen LogP contribution is 2.26. The first-order valence-corrected chi connectivity index (χ1v) is 10.4. The SMILES string of the molecule is CCOc1cccc(CNC(=O)C2CCc3nc(N4CCOCC4)ncc3C2)c1. The number of nitrogens with one attached hydrogen (secondary N) is 1. The molecule has 1 amide bonds. The summed E-state index contributed by atoms with van der Waals surface area (Å²) in [7, 11) is 0. The Bertz CT molecular complexity index is 852. The van der Waals surface area contributed by atoms with Gasteiger partial charge in [0.15, 0.2) is 0 Å². The molecule has 2 heterocycles. The normalized spacial score (nSPS) is 18.8. The zero-order valence-electron chi connectivity index (χ0n) is 16.9. The first-order valence-electron chi connectivity index (χ1n) is 10.4. The van der Waals surface area contributed by atoms with Gasteiger partial charge in [-0.2, -0.15) is 0 Å². The summed E-state index contributed by atoms with van der Waals surface area (Å²) in [5.74, 6) is 1.67. The monoisotopic (exact) mass is 396 g/mol. The van der Waals surface area contributed by atoms with Crippen LogP contribution in [0.1, 0.15) is 30.2 Å². The maximum absolute atomic E-state index is 12.7. The Balaban J connectivity index is 1.34. The first kappa shape index (κ1) is 19.6. The number of morpholine rings is 1. The number of hydrogen-bond acceptors (Lipinski definition) is 6. The van der Waals surface area contributed by atoms with E-state index >= 15 is 0 Å². The Morgan fingerprint density at radius 1 is 1.34 bits per heavy atom. The van der Waals surface area contributed by atoms with Gasteiger partial charge in [0.1, 0.15) is 5.75 Å². The zero-order valence-corrected chi connectivity index (χ0v) is 16.9. The van der Waals surface area contributed by atoms with E-state index in [2.05, 4.69) is 15.2 Å². The van der Waals surface area contributed by atoms with E-state index < -0.39 is 0 Å². The molecule has 1 aromatic carbocycles. The Kier molecular flexibility index (Phi) is 6.24. The summed E-state index contributed by atoms with van der Waals surface area (Å²) < 4.78 is 10.9. The fraction of sp³-hybridized carbons (Fsp3) is 0.500. The summed E-state index contributed by atoms with van der Waals surface area (Å²) in [5, 5.41) is 3.07. The summed E-state index contributed by atoms with van der Waals surface area (Å²) in [6.07, 6.45) is 4.23. The number of carbonyl (C=O) groups excluding carboxylic acids is 1. The number of aromatic nitrogens is 2. The van der Waals surface area contributed by atoms with E-state index in [4.69, 9.17) is 14.5 Å². The van der Waals surface area contributed by atoms with Crippen LogP contribution in [0.4, 0.5) is 5.95 Å². The molecule has 0 spiro atoms. The molecule has 2 aliphatic rings. The molecule has 1 fully saturated rings. The van der Waals surface area contributed by atoms with Crippen LogP contribution in [0.5, 0.6) is 5.75 Å². The van der Waals surface area contributed by atoms with Gasteiger partial charge in [0, 0.05) is 37.4 Å². The van der Waals surface area contributed by atoms with Crippen molar-refractivity contribution in [3.63, 3.8) is 0 Å².